The van der Waals surface area contributed by atoms with Gasteiger partial charge >= 0.3 is 0 Å². The zero-order valence-corrected chi connectivity index (χ0v) is 15.2. The summed E-state index contributed by atoms with van der Waals surface area (Å²) in [6.45, 7) is 0. The number of aromatic nitrogens is 2. The summed E-state index contributed by atoms with van der Waals surface area (Å²) in [6, 6.07) is 15.3. The molecule has 0 fully saturated rings. The Kier molecular flexibility index (Phi) is 5.55. The molecule has 3 rings (SSSR count). The van der Waals surface area contributed by atoms with Gasteiger partial charge in [0.15, 0.2) is 11.6 Å². The Labute approximate surface area is 160 Å². The molecular formula is C18H14Cl2N4O2. The first kappa shape index (κ1) is 18.0. The van der Waals surface area contributed by atoms with Crippen molar-refractivity contribution >= 4 is 46.4 Å². The number of amides is 1. The first-order valence-electron chi connectivity index (χ1n) is 7.56. The molecule has 1 amide bonds. The number of methoxy groups -OCH3 is 1. The second-order valence-corrected chi connectivity index (χ2v) is 6.09. The lowest BCUT2D eigenvalue weighted by Gasteiger charge is -2.09. The van der Waals surface area contributed by atoms with Crippen molar-refractivity contribution < 1.29 is 9.53 Å². The quantitative estimate of drug-likeness (QED) is 0.656. The van der Waals surface area contributed by atoms with Crippen LogP contribution < -0.4 is 15.4 Å². The highest BCUT2D eigenvalue weighted by molar-refractivity contribution is 6.32. The largest absolute Gasteiger partial charge is 0.495 e. The molecule has 8 heteroatoms. The maximum absolute atomic E-state index is 12.2. The Morgan fingerprint density at radius 3 is 2.42 bits per heavy atom. The molecule has 0 aliphatic rings. The van der Waals surface area contributed by atoms with Crippen LogP contribution in [-0.2, 0) is 0 Å². The monoisotopic (exact) mass is 388 g/mol. The molecule has 3 aromatic rings. The third-order valence-electron chi connectivity index (χ3n) is 3.42. The van der Waals surface area contributed by atoms with E-state index in [0.29, 0.717) is 33.0 Å². The third kappa shape index (κ3) is 4.41. The van der Waals surface area contributed by atoms with Crippen molar-refractivity contribution in [1.29, 1.82) is 0 Å². The summed E-state index contributed by atoms with van der Waals surface area (Å²) >= 11 is 12.0. The molecule has 6 nitrogen and oxygen atoms in total. The average molecular weight is 389 g/mol. The van der Waals surface area contributed by atoms with Crippen LogP contribution in [0.3, 0.4) is 0 Å². The summed E-state index contributed by atoms with van der Waals surface area (Å²) < 4.78 is 5.11. The van der Waals surface area contributed by atoms with Gasteiger partial charge in [-0.05, 0) is 48.5 Å². The smallest absolute Gasteiger partial charge is 0.256 e. The number of hydrogen-bond donors (Lipinski definition) is 2. The number of hydrogen-bond acceptors (Lipinski definition) is 5. The second-order valence-electron chi connectivity index (χ2n) is 5.24. The van der Waals surface area contributed by atoms with Crippen LogP contribution in [0, 0.1) is 0 Å². The summed E-state index contributed by atoms with van der Waals surface area (Å²) in [5.74, 6) is 1.10. The number of rotatable bonds is 5. The zero-order valence-electron chi connectivity index (χ0n) is 13.7. The Morgan fingerprint density at radius 2 is 1.77 bits per heavy atom. The predicted molar refractivity (Wildman–Crippen MR) is 103 cm³/mol. The third-order valence-corrected chi connectivity index (χ3v) is 3.95. The van der Waals surface area contributed by atoms with Gasteiger partial charge in [0, 0.05) is 16.3 Å². The fourth-order valence-corrected chi connectivity index (χ4v) is 2.62. The lowest BCUT2D eigenvalue weighted by atomic mass is 10.2. The minimum Gasteiger partial charge on any atom is -0.495 e. The van der Waals surface area contributed by atoms with Crippen molar-refractivity contribution in [2.24, 2.45) is 0 Å². The molecule has 26 heavy (non-hydrogen) atoms. The Morgan fingerprint density at radius 1 is 1.00 bits per heavy atom. The maximum Gasteiger partial charge on any atom is 0.256 e. The number of ether oxygens (including phenoxy) is 1. The van der Waals surface area contributed by atoms with Gasteiger partial charge in [-0.3, -0.25) is 4.79 Å². The number of benzene rings is 2. The molecule has 0 aliphatic heterocycles. The number of anilines is 3. The summed E-state index contributed by atoms with van der Waals surface area (Å²) in [4.78, 5) is 12.2. The molecule has 132 valence electrons. The van der Waals surface area contributed by atoms with Crippen molar-refractivity contribution in [3.8, 4) is 5.75 Å². The van der Waals surface area contributed by atoms with Gasteiger partial charge in [-0.2, -0.15) is 0 Å². The molecule has 1 heterocycles. The van der Waals surface area contributed by atoms with E-state index in [1.165, 1.54) is 0 Å². The Bertz CT molecular complexity index is 933. The van der Waals surface area contributed by atoms with E-state index in [1.54, 1.807) is 61.7 Å². The topological polar surface area (TPSA) is 76.1 Å². The van der Waals surface area contributed by atoms with Crippen LogP contribution in [0.4, 0.5) is 17.3 Å². The van der Waals surface area contributed by atoms with Crippen LogP contribution in [0.15, 0.2) is 54.6 Å². The van der Waals surface area contributed by atoms with Crippen molar-refractivity contribution in [1.82, 2.24) is 10.2 Å². The molecule has 2 N–H and O–H groups in total. The van der Waals surface area contributed by atoms with Gasteiger partial charge in [0.2, 0.25) is 0 Å². The normalized spacial score (nSPS) is 10.3. The number of carbonyl (C=O) groups is 1. The minimum absolute atomic E-state index is 0.315. The summed E-state index contributed by atoms with van der Waals surface area (Å²) in [5.41, 5.74) is 1.18. The fourth-order valence-electron chi connectivity index (χ4n) is 2.18. The molecule has 2 aromatic carbocycles. The lowest BCUT2D eigenvalue weighted by molar-refractivity contribution is 0.102. The fraction of sp³-hybridized carbons (Fsp3) is 0.0556. The molecule has 0 saturated carbocycles. The van der Waals surface area contributed by atoms with Gasteiger partial charge in [-0.15, -0.1) is 10.2 Å². The van der Waals surface area contributed by atoms with E-state index >= 15 is 0 Å². The van der Waals surface area contributed by atoms with E-state index in [2.05, 4.69) is 20.8 Å². The molecular weight excluding hydrogens is 375 g/mol. The van der Waals surface area contributed by atoms with Crippen molar-refractivity contribution in [3.63, 3.8) is 0 Å². The lowest BCUT2D eigenvalue weighted by Crippen LogP contribution is -2.13. The van der Waals surface area contributed by atoms with Gasteiger partial charge in [-0.1, -0.05) is 29.3 Å². The first-order valence-corrected chi connectivity index (χ1v) is 8.32. The van der Waals surface area contributed by atoms with E-state index in [-0.39, 0.29) is 5.91 Å². The van der Waals surface area contributed by atoms with Crippen LogP contribution in [0.2, 0.25) is 10.0 Å². The summed E-state index contributed by atoms with van der Waals surface area (Å²) in [7, 11) is 1.55. The van der Waals surface area contributed by atoms with E-state index in [9.17, 15) is 4.79 Å². The van der Waals surface area contributed by atoms with Gasteiger partial charge in [0.25, 0.3) is 5.91 Å². The average Bonchev–Trinajstić information content (AvgIpc) is 2.63. The van der Waals surface area contributed by atoms with E-state index in [4.69, 9.17) is 27.9 Å². The second kappa shape index (κ2) is 8.03. The van der Waals surface area contributed by atoms with Crippen LogP contribution in [-0.4, -0.2) is 23.2 Å². The number of nitrogens with zero attached hydrogens (tertiary/aromatic N) is 2. The van der Waals surface area contributed by atoms with Gasteiger partial charge in [-0.25, -0.2) is 0 Å². The summed E-state index contributed by atoms with van der Waals surface area (Å²) in [5, 5.41) is 14.7. The first-order chi connectivity index (χ1) is 12.5. The number of nitrogens with one attached hydrogen (secondary N) is 2. The van der Waals surface area contributed by atoms with Crippen LogP contribution >= 0.6 is 23.2 Å². The highest BCUT2D eigenvalue weighted by atomic mass is 35.5. The van der Waals surface area contributed by atoms with E-state index in [0.717, 1.165) is 5.69 Å². The van der Waals surface area contributed by atoms with Crippen LogP contribution in [0.1, 0.15) is 10.4 Å². The molecule has 0 spiro atoms. The number of halogens is 2. The standard InChI is InChI=1S/C18H14Cl2N4O2/c1-26-15-6-5-13(10-14(15)20)21-16-7-8-17(24-23-16)22-18(25)11-3-2-4-12(19)9-11/h2-10H,1H3,(H,21,23)(H,22,24,25). The van der Waals surface area contributed by atoms with E-state index < -0.39 is 0 Å². The highest BCUT2D eigenvalue weighted by Gasteiger charge is 2.08. The zero-order chi connectivity index (χ0) is 18.5. The predicted octanol–water partition coefficient (Wildman–Crippen LogP) is 4.79. The van der Waals surface area contributed by atoms with Gasteiger partial charge < -0.3 is 15.4 Å². The number of carbonyl (C=O) groups excluding carboxylic acids is 1. The van der Waals surface area contributed by atoms with Crippen molar-refractivity contribution in [2.75, 3.05) is 17.7 Å². The van der Waals surface area contributed by atoms with Gasteiger partial charge in [0.1, 0.15) is 5.75 Å². The maximum atomic E-state index is 12.2. The van der Waals surface area contributed by atoms with Gasteiger partial charge in [0.05, 0.1) is 12.1 Å². The van der Waals surface area contributed by atoms with Crippen LogP contribution in [0.5, 0.6) is 5.75 Å². The SMILES string of the molecule is COc1ccc(Nc2ccc(NC(=O)c3cccc(Cl)c3)nn2)cc1Cl. The highest BCUT2D eigenvalue weighted by Crippen LogP contribution is 2.28. The summed E-state index contributed by atoms with van der Waals surface area (Å²) in [6.07, 6.45) is 0. The van der Waals surface area contributed by atoms with E-state index in [1.807, 2.05) is 0 Å². The molecule has 1 aromatic heterocycles. The molecule has 0 radical (unpaired) electrons. The molecule has 0 saturated heterocycles. The Hall–Kier alpha value is -2.83. The minimum atomic E-state index is -0.315. The molecule has 0 aliphatic carbocycles. The van der Waals surface area contributed by atoms with Crippen molar-refractivity contribution in [3.05, 3.63) is 70.2 Å². The molecule has 0 atom stereocenters. The Balaban J connectivity index is 1.66. The van der Waals surface area contributed by atoms with Crippen LogP contribution in [0.25, 0.3) is 0 Å². The van der Waals surface area contributed by atoms with Crippen molar-refractivity contribution in [2.45, 2.75) is 0 Å². The molecule has 0 bridgehead atoms. The molecule has 0 unspecified atom stereocenters.